The molecule has 4 N–H and O–H groups in total. The van der Waals surface area contributed by atoms with Gasteiger partial charge in [0.2, 0.25) is 12.3 Å². The van der Waals surface area contributed by atoms with Crippen molar-refractivity contribution in [1.29, 1.82) is 0 Å². The van der Waals surface area contributed by atoms with Crippen LogP contribution in [0.1, 0.15) is 38.8 Å². The molecule has 0 aliphatic rings. The van der Waals surface area contributed by atoms with Crippen LogP contribution in [0.3, 0.4) is 0 Å². The number of hydrogen-bond donors (Lipinski definition) is 4. The average Bonchev–Trinajstić information content (AvgIpc) is 3.19. The Bertz CT molecular complexity index is 1620. The fourth-order valence-electron chi connectivity index (χ4n) is 4.56. The summed E-state index contributed by atoms with van der Waals surface area (Å²) in [6.45, 7) is 7.91. The molecule has 0 fully saturated rings. The summed E-state index contributed by atoms with van der Waals surface area (Å²) < 4.78 is 65.5. The Hall–Kier alpha value is -4.67. The SMILES string of the molecule is CC.CCSN[C@@H](Cc1cc(F)cc(F)c1)C(=O)N(C)c1ccc(OC)cc1.CNC(C)Cc1cc(F)cc(F)c1.COc1ccc(N(C)C=O)cc1.OO. The smallest absolute Gasteiger partial charge is 0.245 e. The zero-order valence-electron chi connectivity index (χ0n) is 32.8. The molecule has 4 aromatic rings. The van der Waals surface area contributed by atoms with E-state index in [2.05, 4.69) is 10.0 Å². The number of carbonyl (C=O) groups is 2. The van der Waals surface area contributed by atoms with Crippen LogP contribution in [0.5, 0.6) is 11.5 Å². The van der Waals surface area contributed by atoms with Gasteiger partial charge in [-0.25, -0.2) is 17.6 Å². The highest BCUT2D eigenvalue weighted by Crippen LogP contribution is 2.21. The second-order valence-corrected chi connectivity index (χ2v) is 12.4. The van der Waals surface area contributed by atoms with E-state index in [-0.39, 0.29) is 18.4 Å². The molecule has 4 aromatic carbocycles. The highest BCUT2D eigenvalue weighted by molar-refractivity contribution is 7.97. The summed E-state index contributed by atoms with van der Waals surface area (Å²) in [5.74, 6) is -0.291. The molecule has 0 bridgehead atoms. The van der Waals surface area contributed by atoms with Crippen molar-refractivity contribution >= 4 is 35.6 Å². The summed E-state index contributed by atoms with van der Waals surface area (Å²) in [5, 5.41) is 15.0. The molecule has 304 valence electrons. The van der Waals surface area contributed by atoms with Gasteiger partial charge in [0.05, 0.1) is 14.2 Å². The molecule has 1 unspecified atom stereocenters. The van der Waals surface area contributed by atoms with Crippen LogP contribution < -0.4 is 29.3 Å². The maximum atomic E-state index is 13.5. The Balaban J connectivity index is 0.000000841. The minimum absolute atomic E-state index is 0.182. The number of ether oxygens (including phenoxy) is 2. The molecule has 2 amide bonds. The van der Waals surface area contributed by atoms with E-state index in [1.807, 2.05) is 59.0 Å². The lowest BCUT2D eigenvalue weighted by molar-refractivity contribution is -0.176. The predicted octanol–water partition coefficient (Wildman–Crippen LogP) is 8.25. The monoisotopic (exact) mass is 794 g/mol. The topological polar surface area (TPSA) is 124 Å². The van der Waals surface area contributed by atoms with E-state index in [4.69, 9.17) is 20.0 Å². The van der Waals surface area contributed by atoms with Gasteiger partial charge in [-0.05, 0) is 111 Å². The molecule has 0 aliphatic heterocycles. The van der Waals surface area contributed by atoms with Gasteiger partial charge in [-0.15, -0.1) is 0 Å². The first-order chi connectivity index (χ1) is 26.3. The minimum atomic E-state index is -0.655. The van der Waals surface area contributed by atoms with Crippen LogP contribution in [0, 0.1) is 23.3 Å². The highest BCUT2D eigenvalue weighted by atomic mass is 32.2. The summed E-state index contributed by atoms with van der Waals surface area (Å²) in [4.78, 5) is 26.3. The normalized spacial score (nSPS) is 10.9. The summed E-state index contributed by atoms with van der Waals surface area (Å²) in [6, 6.07) is 20.9. The Morgan fingerprint density at radius 2 is 1.16 bits per heavy atom. The summed E-state index contributed by atoms with van der Waals surface area (Å²) >= 11 is 1.39. The Kier molecular flexibility index (Phi) is 26.3. The van der Waals surface area contributed by atoms with E-state index >= 15 is 0 Å². The molecular weight excluding hydrogens is 741 g/mol. The number of rotatable bonds is 14. The van der Waals surface area contributed by atoms with Crippen molar-refractivity contribution in [3.05, 3.63) is 119 Å². The Labute approximate surface area is 326 Å². The van der Waals surface area contributed by atoms with Gasteiger partial charge in [0.15, 0.2) is 0 Å². The maximum absolute atomic E-state index is 13.5. The first-order valence-electron chi connectivity index (χ1n) is 17.2. The average molecular weight is 795 g/mol. The van der Waals surface area contributed by atoms with Crippen LogP contribution in [0.25, 0.3) is 0 Å². The van der Waals surface area contributed by atoms with E-state index in [0.29, 0.717) is 29.0 Å². The van der Waals surface area contributed by atoms with Gasteiger partial charge >= 0.3 is 0 Å². The van der Waals surface area contributed by atoms with Gasteiger partial charge in [-0.3, -0.25) is 24.8 Å². The number of benzene rings is 4. The van der Waals surface area contributed by atoms with E-state index in [1.54, 1.807) is 52.6 Å². The Morgan fingerprint density at radius 3 is 1.53 bits per heavy atom. The number of amides is 2. The Morgan fingerprint density at radius 1 is 0.764 bits per heavy atom. The fourth-order valence-corrected chi connectivity index (χ4v) is 5.11. The van der Waals surface area contributed by atoms with Crippen molar-refractivity contribution in [3.8, 4) is 11.5 Å². The van der Waals surface area contributed by atoms with Gasteiger partial charge in [0.25, 0.3) is 0 Å². The largest absolute Gasteiger partial charge is 0.497 e. The summed E-state index contributed by atoms with van der Waals surface area (Å²) in [6.07, 6.45) is 1.58. The number of carbonyl (C=O) groups excluding carboxylic acids is 2. The highest BCUT2D eigenvalue weighted by Gasteiger charge is 2.24. The molecule has 15 heteroatoms. The molecule has 0 heterocycles. The number of methoxy groups -OCH3 is 2. The number of nitrogens with one attached hydrogen (secondary N) is 2. The molecule has 4 rings (SSSR count). The maximum Gasteiger partial charge on any atom is 0.245 e. The van der Waals surface area contributed by atoms with E-state index < -0.39 is 29.3 Å². The second kappa shape index (κ2) is 28.7. The first kappa shape index (κ1) is 50.3. The molecule has 55 heavy (non-hydrogen) atoms. The summed E-state index contributed by atoms with van der Waals surface area (Å²) in [7, 11) is 8.37. The van der Waals surface area contributed by atoms with Crippen molar-refractivity contribution in [2.24, 2.45) is 0 Å². The lowest BCUT2D eigenvalue weighted by Crippen LogP contribution is -2.44. The lowest BCUT2D eigenvalue weighted by atomic mass is 10.0. The molecular formula is C40H54F4N4O6S. The molecule has 0 aromatic heterocycles. The van der Waals surface area contributed by atoms with Gasteiger partial charge < -0.3 is 24.6 Å². The third-order valence-corrected chi connectivity index (χ3v) is 8.16. The van der Waals surface area contributed by atoms with Crippen LogP contribution in [0.15, 0.2) is 84.9 Å². The number of nitrogens with zero attached hydrogens (tertiary/aromatic N) is 2. The van der Waals surface area contributed by atoms with Crippen molar-refractivity contribution < 1.29 is 47.1 Å². The van der Waals surface area contributed by atoms with Crippen LogP contribution in [-0.2, 0) is 22.4 Å². The fraction of sp³-hybridized carbons (Fsp3) is 0.350. The molecule has 0 saturated heterocycles. The molecule has 0 aliphatic carbocycles. The lowest BCUT2D eigenvalue weighted by Gasteiger charge is -2.24. The molecule has 0 spiro atoms. The van der Waals surface area contributed by atoms with Crippen LogP contribution in [0.2, 0.25) is 0 Å². The molecule has 0 radical (unpaired) electrons. The van der Waals surface area contributed by atoms with Crippen molar-refractivity contribution in [3.63, 3.8) is 0 Å². The molecule has 10 nitrogen and oxygen atoms in total. The quantitative estimate of drug-likeness (QED) is 0.0329. The van der Waals surface area contributed by atoms with Crippen LogP contribution in [0.4, 0.5) is 28.9 Å². The summed E-state index contributed by atoms with van der Waals surface area (Å²) in [5.41, 5.74) is 2.66. The van der Waals surface area contributed by atoms with Gasteiger partial charge in [0, 0.05) is 49.4 Å². The minimum Gasteiger partial charge on any atom is -0.497 e. The van der Waals surface area contributed by atoms with E-state index in [1.165, 1.54) is 46.0 Å². The standard InChI is InChI=1S/C19H22F2N2O2S.C10H13F2N.C9H11NO2.C2H6.H2O2/c1-4-26-22-18(11-13-9-14(20)12-15(21)10-13)19(24)23(2)16-5-7-17(25-3)8-6-16;1-7(13-2)3-8-4-9(11)6-10(12)5-8;1-10(7-11)8-3-5-9(12-2)6-4-8;2*1-2/h5-10,12,18,22H,4,11H2,1-3H3;4-7,13H,3H2,1-2H3;3-7H,1-2H3;1-2H3;1-2H/t18-;;;;/m0..../s1. The van der Waals surface area contributed by atoms with Gasteiger partial charge in [-0.1, -0.05) is 32.7 Å². The van der Waals surface area contributed by atoms with Crippen LogP contribution >= 0.6 is 11.9 Å². The molecule has 0 saturated carbocycles. The number of hydrogen-bond acceptors (Lipinski definition) is 9. The number of halogens is 4. The predicted molar refractivity (Wildman–Crippen MR) is 214 cm³/mol. The third kappa shape index (κ3) is 19.5. The van der Waals surface area contributed by atoms with Crippen LogP contribution in [-0.4, -0.2) is 76.0 Å². The molecule has 2 atom stereocenters. The zero-order valence-corrected chi connectivity index (χ0v) is 33.6. The number of anilines is 2. The van der Waals surface area contributed by atoms with Crippen molar-refractivity contribution in [2.75, 3.05) is 50.9 Å². The van der Waals surface area contributed by atoms with E-state index in [9.17, 15) is 27.2 Å². The van der Waals surface area contributed by atoms with Gasteiger partial charge in [-0.2, -0.15) is 0 Å². The van der Waals surface area contributed by atoms with E-state index in [0.717, 1.165) is 35.7 Å². The zero-order chi connectivity index (χ0) is 41.9. The van der Waals surface area contributed by atoms with Crippen molar-refractivity contribution in [1.82, 2.24) is 10.0 Å². The first-order valence-corrected chi connectivity index (χ1v) is 18.2. The number of likely N-dealkylation sites (N-methyl/N-ethyl adjacent to an activating group) is 2. The van der Waals surface area contributed by atoms with Gasteiger partial charge in [0.1, 0.15) is 40.8 Å². The van der Waals surface area contributed by atoms with Crippen molar-refractivity contribution in [2.45, 2.75) is 52.6 Å². The third-order valence-electron chi connectivity index (χ3n) is 7.42. The second-order valence-electron chi connectivity index (χ2n) is 11.3.